The lowest BCUT2D eigenvalue weighted by Crippen LogP contribution is -2.41. The van der Waals surface area contributed by atoms with Crippen molar-refractivity contribution in [3.05, 3.63) is 95.1 Å². The molecule has 2 saturated heterocycles. The lowest BCUT2D eigenvalue weighted by atomic mass is 9.98. The van der Waals surface area contributed by atoms with Gasteiger partial charge in [-0.1, -0.05) is 73.5 Å². The molecule has 0 saturated carbocycles. The fraction of sp³-hybridized carbons (Fsp3) is 0.459. The van der Waals surface area contributed by atoms with Crippen LogP contribution in [-0.2, 0) is 32.2 Å². The molecule has 0 aromatic heterocycles. The molecule has 5 rings (SSSR count). The maximum Gasteiger partial charge on any atom is 0.303 e. The van der Waals surface area contributed by atoms with E-state index in [0.717, 1.165) is 65.9 Å². The molecule has 3 aromatic carbocycles. The molecule has 45 heavy (non-hydrogen) atoms. The van der Waals surface area contributed by atoms with Crippen LogP contribution in [0.25, 0.3) is 11.1 Å². The van der Waals surface area contributed by atoms with Gasteiger partial charge in [0.25, 0.3) is 0 Å². The largest absolute Gasteiger partial charge is 0.481 e. The zero-order chi connectivity index (χ0) is 31.4. The number of likely N-dealkylation sites (tertiary alicyclic amines) is 1. The first-order valence-corrected chi connectivity index (χ1v) is 16.4. The van der Waals surface area contributed by atoms with Crippen LogP contribution in [0.4, 0.5) is 0 Å². The molecular formula is C37H46N2O6. The summed E-state index contributed by atoms with van der Waals surface area (Å²) in [4.78, 5) is 25.5. The van der Waals surface area contributed by atoms with Gasteiger partial charge in [0.15, 0.2) is 6.29 Å². The number of amides is 1. The van der Waals surface area contributed by atoms with Crippen molar-refractivity contribution in [1.82, 2.24) is 10.2 Å². The number of carbonyl (C=O) groups excluding carboxylic acids is 1. The van der Waals surface area contributed by atoms with Gasteiger partial charge in [-0.3, -0.25) is 9.59 Å². The van der Waals surface area contributed by atoms with Crippen LogP contribution in [0, 0.1) is 0 Å². The van der Waals surface area contributed by atoms with E-state index in [1.807, 2.05) is 30.3 Å². The van der Waals surface area contributed by atoms with Crippen LogP contribution in [0.15, 0.2) is 72.8 Å². The van der Waals surface area contributed by atoms with Gasteiger partial charge < -0.3 is 29.9 Å². The van der Waals surface area contributed by atoms with Crippen molar-refractivity contribution >= 4 is 11.9 Å². The molecule has 3 N–H and O–H groups in total. The molecule has 0 spiro atoms. The van der Waals surface area contributed by atoms with Gasteiger partial charge >= 0.3 is 5.97 Å². The second-order valence-electron chi connectivity index (χ2n) is 12.3. The lowest BCUT2D eigenvalue weighted by Gasteiger charge is -2.39. The molecule has 0 bridgehead atoms. The highest BCUT2D eigenvalue weighted by Gasteiger charge is 2.33. The van der Waals surface area contributed by atoms with Crippen LogP contribution in [0.3, 0.4) is 0 Å². The lowest BCUT2D eigenvalue weighted by molar-refractivity contribution is -0.253. The van der Waals surface area contributed by atoms with Gasteiger partial charge in [-0.05, 0) is 78.7 Å². The smallest absolute Gasteiger partial charge is 0.303 e. The number of aliphatic hydroxyl groups is 1. The minimum absolute atomic E-state index is 0.0195. The normalized spacial score (nSPS) is 20.5. The van der Waals surface area contributed by atoms with E-state index in [9.17, 15) is 14.7 Å². The van der Waals surface area contributed by atoms with Gasteiger partial charge in [0.05, 0.1) is 18.8 Å². The number of carbonyl (C=O) groups is 2. The Kier molecular flexibility index (Phi) is 12.2. The van der Waals surface area contributed by atoms with E-state index >= 15 is 0 Å². The Morgan fingerprint density at radius 2 is 1.53 bits per heavy atom. The van der Waals surface area contributed by atoms with E-state index in [1.54, 1.807) is 0 Å². The summed E-state index contributed by atoms with van der Waals surface area (Å²) in [5.41, 5.74) is 6.05. The molecule has 2 fully saturated rings. The second-order valence-corrected chi connectivity index (χ2v) is 12.3. The summed E-state index contributed by atoms with van der Waals surface area (Å²) in [5, 5.41) is 21.3. The number of aliphatic carboxylic acids is 1. The topological polar surface area (TPSA) is 108 Å². The molecule has 3 aromatic rings. The molecular weight excluding hydrogens is 568 g/mol. The van der Waals surface area contributed by atoms with Crippen LogP contribution < -0.4 is 5.32 Å². The minimum Gasteiger partial charge on any atom is -0.481 e. The number of carboxylic acids is 1. The summed E-state index contributed by atoms with van der Waals surface area (Å²) < 4.78 is 13.2. The Balaban J connectivity index is 1.25. The molecule has 0 radical (unpaired) electrons. The number of rotatable bonds is 14. The average molecular weight is 615 g/mol. The highest BCUT2D eigenvalue weighted by atomic mass is 16.7. The molecule has 3 atom stereocenters. The maximum absolute atomic E-state index is 12.3. The Bertz CT molecular complexity index is 1390. The first-order valence-electron chi connectivity index (χ1n) is 16.4. The van der Waals surface area contributed by atoms with Gasteiger partial charge in [0.1, 0.15) is 0 Å². The van der Waals surface area contributed by atoms with Crippen molar-refractivity contribution in [2.45, 2.75) is 89.4 Å². The highest BCUT2D eigenvalue weighted by molar-refractivity contribution is 5.76. The minimum atomic E-state index is -0.796. The van der Waals surface area contributed by atoms with Crippen LogP contribution in [0.5, 0.6) is 0 Å². The van der Waals surface area contributed by atoms with Gasteiger partial charge in [-0.15, -0.1) is 0 Å². The van der Waals surface area contributed by atoms with Crippen molar-refractivity contribution < 1.29 is 29.3 Å². The molecule has 0 unspecified atom stereocenters. The maximum atomic E-state index is 12.3. The molecule has 1 amide bonds. The third-order valence-electron chi connectivity index (χ3n) is 8.73. The number of hydrogen-bond acceptors (Lipinski definition) is 6. The fourth-order valence-electron chi connectivity index (χ4n) is 6.22. The van der Waals surface area contributed by atoms with Gasteiger partial charge in [-0.2, -0.15) is 0 Å². The summed E-state index contributed by atoms with van der Waals surface area (Å²) in [6, 6.07) is 24.5. The van der Waals surface area contributed by atoms with Crippen molar-refractivity contribution in [3.8, 4) is 11.1 Å². The van der Waals surface area contributed by atoms with Gasteiger partial charge in [0, 0.05) is 37.9 Å². The van der Waals surface area contributed by atoms with E-state index < -0.39 is 12.3 Å². The predicted octanol–water partition coefficient (Wildman–Crippen LogP) is 6.53. The van der Waals surface area contributed by atoms with Gasteiger partial charge in [-0.25, -0.2) is 0 Å². The van der Waals surface area contributed by atoms with Crippen LogP contribution in [-0.4, -0.2) is 52.7 Å². The van der Waals surface area contributed by atoms with Crippen LogP contribution in [0.2, 0.25) is 0 Å². The number of benzene rings is 3. The van der Waals surface area contributed by atoms with Crippen LogP contribution >= 0.6 is 0 Å². The third-order valence-corrected chi connectivity index (χ3v) is 8.73. The van der Waals surface area contributed by atoms with E-state index in [0.29, 0.717) is 25.8 Å². The summed E-state index contributed by atoms with van der Waals surface area (Å²) in [7, 11) is 0. The first kappa shape index (κ1) is 32.8. The fourth-order valence-corrected chi connectivity index (χ4v) is 6.22. The Labute approximate surface area is 266 Å². The zero-order valence-electron chi connectivity index (χ0n) is 26.0. The molecule has 0 aliphatic carbocycles. The Morgan fingerprint density at radius 1 is 0.800 bits per heavy atom. The standard InChI is InChI=1S/C37H46N2O6/c40-26-27-15-17-29(18-16-27)34-23-33(25-39-19-5-2-6-20-39)44-37(45-34)32-12-8-11-31(22-32)30-10-7-9-28(21-30)24-38-35(41)13-3-1-4-14-36(42)43/h7-12,15-18,21-22,33-34,37,40H,1-6,13-14,19-20,23-26H2,(H,38,41)(H,42,43)/t33-,34+,37+/m0/s1. The van der Waals surface area contributed by atoms with Crippen molar-refractivity contribution in [2.75, 3.05) is 19.6 Å². The predicted molar refractivity (Wildman–Crippen MR) is 173 cm³/mol. The van der Waals surface area contributed by atoms with E-state index in [1.165, 1.54) is 19.3 Å². The monoisotopic (exact) mass is 614 g/mol. The number of carboxylic acid groups (broad SMARTS) is 1. The van der Waals surface area contributed by atoms with E-state index in [2.05, 4.69) is 52.7 Å². The molecule has 2 aliphatic rings. The van der Waals surface area contributed by atoms with E-state index in [-0.39, 0.29) is 31.1 Å². The third kappa shape index (κ3) is 9.96. The molecule has 8 nitrogen and oxygen atoms in total. The van der Waals surface area contributed by atoms with Crippen LogP contribution in [0.1, 0.15) is 92.4 Å². The summed E-state index contributed by atoms with van der Waals surface area (Å²) in [5.74, 6) is -0.820. The number of nitrogens with one attached hydrogen (secondary N) is 1. The number of aliphatic hydroxyl groups excluding tert-OH is 1. The summed E-state index contributed by atoms with van der Waals surface area (Å²) >= 11 is 0. The van der Waals surface area contributed by atoms with Crippen molar-refractivity contribution in [2.24, 2.45) is 0 Å². The molecule has 2 aliphatic heterocycles. The molecule has 240 valence electrons. The quantitative estimate of drug-likeness (QED) is 0.177. The number of unbranched alkanes of at least 4 members (excludes halogenated alkanes) is 2. The number of nitrogens with zero attached hydrogens (tertiary/aromatic N) is 1. The molecule has 2 heterocycles. The summed E-state index contributed by atoms with van der Waals surface area (Å²) in [6.45, 7) is 3.57. The van der Waals surface area contributed by atoms with Gasteiger partial charge in [0.2, 0.25) is 5.91 Å². The first-order chi connectivity index (χ1) is 22.0. The second kappa shape index (κ2) is 16.7. The number of ether oxygens (including phenoxy) is 2. The zero-order valence-corrected chi connectivity index (χ0v) is 26.0. The number of piperidine rings is 1. The highest BCUT2D eigenvalue weighted by Crippen LogP contribution is 2.39. The van der Waals surface area contributed by atoms with Crippen molar-refractivity contribution in [1.29, 1.82) is 0 Å². The molecule has 8 heteroatoms. The Hall–Kier alpha value is -3.56. The SMILES string of the molecule is O=C(O)CCCCCC(=O)NCc1cccc(-c2cccc([C@@H]3O[C@H](CN4CCCCC4)C[C@H](c4ccc(CO)cc4)O3)c2)c1. The summed E-state index contributed by atoms with van der Waals surface area (Å²) in [6.07, 6.45) is 6.52. The number of hydrogen-bond donors (Lipinski definition) is 3. The van der Waals surface area contributed by atoms with E-state index in [4.69, 9.17) is 14.6 Å². The average Bonchev–Trinajstić information content (AvgIpc) is 3.07. The van der Waals surface area contributed by atoms with Crippen molar-refractivity contribution in [3.63, 3.8) is 0 Å². The Morgan fingerprint density at radius 3 is 2.29 bits per heavy atom.